The zero-order valence-corrected chi connectivity index (χ0v) is 22.1. The normalized spacial score (nSPS) is 14.2. The number of carbonyl (C=O) groups excluding carboxylic acids is 1. The quantitative estimate of drug-likeness (QED) is 0.194. The molecule has 3 atom stereocenters. The minimum absolute atomic E-state index is 0. The number of rotatable bonds is 16. The predicted molar refractivity (Wildman–Crippen MR) is 142 cm³/mol. The summed E-state index contributed by atoms with van der Waals surface area (Å²) in [7, 11) is 0. The van der Waals surface area contributed by atoms with Gasteiger partial charge < -0.3 is 11.1 Å². The molecule has 1 aromatic rings. The van der Waals surface area contributed by atoms with Gasteiger partial charge in [0.2, 0.25) is 5.91 Å². The van der Waals surface area contributed by atoms with Crippen molar-refractivity contribution in [2.24, 2.45) is 17.1 Å². The van der Waals surface area contributed by atoms with Gasteiger partial charge in [0.1, 0.15) is 0 Å². The number of nitrogens with one attached hydrogen (secondary N) is 1. The molecule has 0 saturated heterocycles. The van der Waals surface area contributed by atoms with Gasteiger partial charge in [-0.1, -0.05) is 116 Å². The summed E-state index contributed by atoms with van der Waals surface area (Å²) in [5, 5.41) is 3.26. The van der Waals surface area contributed by atoms with E-state index in [0.29, 0.717) is 11.5 Å². The summed E-state index contributed by atoms with van der Waals surface area (Å²) in [6.45, 7) is 14.6. The summed E-state index contributed by atoms with van der Waals surface area (Å²) in [6, 6.07) is 10.4. The highest BCUT2D eigenvalue weighted by Crippen LogP contribution is 2.43. The molecule has 0 aliphatic rings. The van der Waals surface area contributed by atoms with E-state index in [1.807, 2.05) is 6.07 Å². The van der Waals surface area contributed by atoms with Crippen LogP contribution in [0.25, 0.3) is 0 Å². The Balaban J connectivity index is 0.00000961. The van der Waals surface area contributed by atoms with E-state index >= 15 is 0 Å². The molecule has 0 bridgehead atoms. The van der Waals surface area contributed by atoms with Crippen molar-refractivity contribution in [1.82, 2.24) is 5.32 Å². The second-order valence-electron chi connectivity index (χ2n) is 9.85. The van der Waals surface area contributed by atoms with Crippen LogP contribution in [0.4, 0.5) is 0 Å². The van der Waals surface area contributed by atoms with E-state index in [1.54, 1.807) is 6.92 Å². The zero-order valence-electron chi connectivity index (χ0n) is 21.3. The van der Waals surface area contributed by atoms with Crippen LogP contribution in [0.5, 0.6) is 0 Å². The van der Waals surface area contributed by atoms with Gasteiger partial charge in [0.25, 0.3) is 0 Å². The largest absolute Gasteiger partial charge is 0.349 e. The Morgan fingerprint density at radius 2 is 1.53 bits per heavy atom. The Hall–Kier alpha value is -1.32. The number of halogens is 1. The first kappa shape index (κ1) is 30.7. The first-order chi connectivity index (χ1) is 14.8. The molecular weight excluding hydrogens is 416 g/mol. The van der Waals surface area contributed by atoms with Crippen LogP contribution in [0, 0.1) is 11.3 Å². The number of nitrogens with two attached hydrogens (primary N) is 1. The average Bonchev–Trinajstić information content (AvgIpc) is 2.76. The molecule has 0 aromatic heterocycles. The maximum atomic E-state index is 12.4. The highest BCUT2D eigenvalue weighted by Gasteiger charge is 2.40. The fraction of sp³-hybridized carbons (Fsp3) is 0.679. The molecule has 0 heterocycles. The third-order valence-corrected chi connectivity index (χ3v) is 6.91. The van der Waals surface area contributed by atoms with Crippen molar-refractivity contribution >= 4 is 18.3 Å². The molecule has 0 aliphatic heterocycles. The fourth-order valence-corrected chi connectivity index (χ4v) is 4.69. The minimum Gasteiger partial charge on any atom is -0.349 e. The number of benzene rings is 1. The third-order valence-electron chi connectivity index (χ3n) is 6.91. The van der Waals surface area contributed by atoms with Crippen molar-refractivity contribution in [1.29, 1.82) is 0 Å². The lowest BCUT2D eigenvalue weighted by atomic mass is 9.66. The highest BCUT2D eigenvalue weighted by molar-refractivity contribution is 5.92. The number of hydrogen-bond donors (Lipinski definition) is 2. The summed E-state index contributed by atoms with van der Waals surface area (Å²) in [6.07, 6.45) is 12.4. The van der Waals surface area contributed by atoms with Crippen LogP contribution in [0.2, 0.25) is 0 Å². The molecule has 3 N–H and O–H groups in total. The van der Waals surface area contributed by atoms with Gasteiger partial charge in [-0.05, 0) is 36.7 Å². The smallest absolute Gasteiger partial charge is 0.246 e. The van der Waals surface area contributed by atoms with Gasteiger partial charge in [0.15, 0.2) is 0 Å². The first-order valence-electron chi connectivity index (χ1n) is 12.5. The van der Waals surface area contributed by atoms with E-state index in [2.05, 4.69) is 63.9 Å². The van der Waals surface area contributed by atoms with Crippen molar-refractivity contribution in [2.75, 3.05) is 0 Å². The van der Waals surface area contributed by atoms with Gasteiger partial charge in [-0.2, -0.15) is 0 Å². The Morgan fingerprint density at radius 1 is 1.00 bits per heavy atom. The van der Waals surface area contributed by atoms with E-state index in [-0.39, 0.29) is 35.8 Å². The molecule has 0 aliphatic carbocycles. The number of unbranched alkanes of at least 4 members (excludes halogenated alkanes) is 7. The maximum absolute atomic E-state index is 12.4. The van der Waals surface area contributed by atoms with E-state index in [4.69, 9.17) is 5.73 Å². The van der Waals surface area contributed by atoms with Crippen LogP contribution in [0.1, 0.15) is 110 Å². The monoisotopic (exact) mass is 464 g/mol. The number of carbonyl (C=O) groups is 1. The number of amides is 1. The molecule has 1 aromatic carbocycles. The van der Waals surface area contributed by atoms with Gasteiger partial charge in [-0.25, -0.2) is 0 Å². The summed E-state index contributed by atoms with van der Waals surface area (Å²) in [4.78, 5) is 12.4. The first-order valence-corrected chi connectivity index (χ1v) is 12.5. The van der Waals surface area contributed by atoms with Crippen molar-refractivity contribution in [3.05, 3.63) is 48.0 Å². The second-order valence-corrected chi connectivity index (χ2v) is 9.85. The van der Waals surface area contributed by atoms with Crippen LogP contribution >= 0.6 is 12.4 Å². The molecule has 0 saturated carbocycles. The predicted octanol–water partition coefficient (Wildman–Crippen LogP) is 7.75. The van der Waals surface area contributed by atoms with Crippen LogP contribution in [0.3, 0.4) is 0 Å². The summed E-state index contributed by atoms with van der Waals surface area (Å²) in [5.74, 6) is 0.257. The summed E-state index contributed by atoms with van der Waals surface area (Å²) < 4.78 is 0. The van der Waals surface area contributed by atoms with Gasteiger partial charge >= 0.3 is 0 Å². The summed E-state index contributed by atoms with van der Waals surface area (Å²) in [5.41, 5.74) is 8.40. The highest BCUT2D eigenvalue weighted by atomic mass is 35.5. The van der Waals surface area contributed by atoms with Crippen LogP contribution in [0.15, 0.2) is 42.5 Å². The molecule has 4 heteroatoms. The lowest BCUT2D eigenvalue weighted by Crippen LogP contribution is -2.49. The third kappa shape index (κ3) is 10.1. The molecule has 1 rings (SSSR count). The van der Waals surface area contributed by atoms with Crippen LogP contribution < -0.4 is 11.1 Å². The number of hydrogen-bond acceptors (Lipinski definition) is 2. The van der Waals surface area contributed by atoms with Crippen LogP contribution in [-0.2, 0) is 4.79 Å². The Kier molecular flexibility index (Phi) is 15.6. The molecular formula is C28H49ClN2O. The molecule has 32 heavy (non-hydrogen) atoms. The van der Waals surface area contributed by atoms with E-state index in [1.165, 1.54) is 51.4 Å². The topological polar surface area (TPSA) is 55.1 Å². The van der Waals surface area contributed by atoms with Gasteiger partial charge in [-0.15, -0.1) is 12.4 Å². The molecule has 0 radical (unpaired) electrons. The van der Waals surface area contributed by atoms with Gasteiger partial charge in [-0.3, -0.25) is 4.79 Å². The molecule has 184 valence electrons. The molecule has 3 unspecified atom stereocenters. The lowest BCUT2D eigenvalue weighted by molar-refractivity contribution is -0.119. The van der Waals surface area contributed by atoms with Gasteiger partial charge in [0.05, 0.1) is 0 Å². The van der Waals surface area contributed by atoms with Crippen molar-refractivity contribution in [2.45, 2.75) is 111 Å². The summed E-state index contributed by atoms with van der Waals surface area (Å²) >= 11 is 0. The van der Waals surface area contributed by atoms with Crippen molar-refractivity contribution in [3.8, 4) is 0 Å². The van der Waals surface area contributed by atoms with E-state index in [9.17, 15) is 4.79 Å². The van der Waals surface area contributed by atoms with Crippen LogP contribution in [-0.4, -0.2) is 11.9 Å². The minimum atomic E-state index is -0.147. The molecule has 1 amide bonds. The average molecular weight is 465 g/mol. The lowest BCUT2D eigenvalue weighted by Gasteiger charge is -2.44. The fourth-order valence-electron chi connectivity index (χ4n) is 4.69. The molecule has 3 nitrogen and oxygen atoms in total. The Labute approximate surface area is 204 Å². The molecule has 0 spiro atoms. The van der Waals surface area contributed by atoms with Gasteiger partial charge in [0, 0.05) is 17.7 Å². The SMILES string of the molecule is C=C(C)C(=O)NC(CC)C(CCCCCCCCCC)C(C)(C)C(N)c1ccccc1.Cl. The zero-order chi connectivity index (χ0) is 23.3. The Morgan fingerprint density at radius 3 is 2.03 bits per heavy atom. The standard InChI is InChI=1S/C28H48N2O.ClH/c1-7-9-10-11-12-13-14-18-21-24(25(8-2)30-27(31)22(3)4)28(5,6)26(29)23-19-16-15-17-20-23;/h15-17,19-20,24-26H,3,7-14,18,21,29H2,1-2,4-6H3,(H,30,31);1H. The second kappa shape index (κ2) is 16.3. The Bertz CT molecular complexity index is 644. The van der Waals surface area contributed by atoms with E-state index in [0.717, 1.165) is 18.4 Å². The van der Waals surface area contributed by atoms with E-state index < -0.39 is 0 Å². The molecule has 0 fully saturated rings. The van der Waals surface area contributed by atoms with Crippen molar-refractivity contribution < 1.29 is 4.79 Å². The maximum Gasteiger partial charge on any atom is 0.246 e. The van der Waals surface area contributed by atoms with Crippen molar-refractivity contribution in [3.63, 3.8) is 0 Å².